The zero-order chi connectivity index (χ0) is 29.2. The van der Waals surface area contributed by atoms with Crippen LogP contribution in [0.5, 0.6) is 0 Å². The van der Waals surface area contributed by atoms with Crippen LogP contribution in [0.2, 0.25) is 5.02 Å². The highest BCUT2D eigenvalue weighted by Gasteiger charge is 2.64. The first kappa shape index (κ1) is 28.2. The van der Waals surface area contributed by atoms with Gasteiger partial charge in [0.05, 0.1) is 28.8 Å². The Labute approximate surface area is 228 Å². The Bertz CT molecular complexity index is 1420. The first-order valence-corrected chi connectivity index (χ1v) is 12.6. The van der Waals surface area contributed by atoms with Gasteiger partial charge in [0.1, 0.15) is 5.82 Å². The van der Waals surface area contributed by atoms with Crippen molar-refractivity contribution in [3.05, 3.63) is 69.0 Å². The molecule has 214 valence electrons. The molecule has 2 aromatic rings. The summed E-state index contributed by atoms with van der Waals surface area (Å²) in [7, 11) is 0. The van der Waals surface area contributed by atoms with Gasteiger partial charge in [-0.15, -0.1) is 0 Å². The van der Waals surface area contributed by atoms with Crippen LogP contribution in [0.1, 0.15) is 51.9 Å². The van der Waals surface area contributed by atoms with Crippen molar-refractivity contribution in [2.24, 2.45) is 11.1 Å². The van der Waals surface area contributed by atoms with E-state index in [1.807, 2.05) is 0 Å². The van der Waals surface area contributed by atoms with E-state index in [-0.39, 0.29) is 46.8 Å². The third-order valence-electron chi connectivity index (χ3n) is 7.24. The lowest BCUT2D eigenvalue weighted by Crippen LogP contribution is -2.61. The Morgan fingerprint density at radius 3 is 2.35 bits per heavy atom. The second-order valence-corrected chi connectivity index (χ2v) is 10.6. The number of alkyl halides is 6. The molecule has 2 fully saturated rings. The predicted molar refractivity (Wildman–Crippen MR) is 128 cm³/mol. The maximum atomic E-state index is 14.8. The normalized spacial score (nSPS) is 21.5. The van der Waals surface area contributed by atoms with Crippen molar-refractivity contribution in [1.82, 2.24) is 10.2 Å². The van der Waals surface area contributed by atoms with Gasteiger partial charge in [-0.05, 0) is 55.2 Å². The molecule has 1 atom stereocenters. The van der Waals surface area contributed by atoms with E-state index in [4.69, 9.17) is 16.4 Å². The van der Waals surface area contributed by atoms with Crippen LogP contribution in [-0.2, 0) is 21.4 Å². The van der Waals surface area contributed by atoms with E-state index in [0.717, 1.165) is 12.8 Å². The molecule has 1 N–H and O–H groups in total. The van der Waals surface area contributed by atoms with Gasteiger partial charge in [-0.1, -0.05) is 22.8 Å². The highest BCUT2D eigenvalue weighted by Crippen LogP contribution is 2.51. The summed E-state index contributed by atoms with van der Waals surface area (Å²) in [6.45, 7) is 2.33. The highest BCUT2D eigenvalue weighted by atomic mass is 35.5. The summed E-state index contributed by atoms with van der Waals surface area (Å²) < 4.78 is 97.5. The zero-order valence-corrected chi connectivity index (χ0v) is 21.5. The average Bonchev–Trinajstić information content (AvgIpc) is 3.58. The van der Waals surface area contributed by atoms with Crippen molar-refractivity contribution >= 4 is 29.1 Å². The van der Waals surface area contributed by atoms with Gasteiger partial charge in [0.25, 0.3) is 11.5 Å². The van der Waals surface area contributed by atoms with E-state index >= 15 is 0 Å². The molecular formula is C26H21ClF7N3O3. The Hall–Kier alpha value is -3.35. The fourth-order valence-corrected chi connectivity index (χ4v) is 5.00. The van der Waals surface area contributed by atoms with Crippen LogP contribution in [0.3, 0.4) is 0 Å². The smallest absolute Gasteiger partial charge is 0.374 e. The molecular weight excluding hydrogens is 571 g/mol. The minimum atomic E-state index is -5.38. The highest BCUT2D eigenvalue weighted by molar-refractivity contribution is 6.30. The minimum Gasteiger partial charge on any atom is -0.374 e. The lowest BCUT2D eigenvalue weighted by atomic mass is 9.85. The topological polar surface area (TPSA) is 71.0 Å². The van der Waals surface area contributed by atoms with Gasteiger partial charge in [-0.3, -0.25) is 9.59 Å². The lowest BCUT2D eigenvalue weighted by molar-refractivity contribution is -0.276. The van der Waals surface area contributed by atoms with Crippen molar-refractivity contribution in [3.8, 4) is 0 Å². The van der Waals surface area contributed by atoms with Crippen LogP contribution in [0.4, 0.5) is 30.7 Å². The number of benzene rings is 2. The van der Waals surface area contributed by atoms with Gasteiger partial charge in [-0.2, -0.15) is 26.3 Å². The van der Waals surface area contributed by atoms with E-state index in [2.05, 4.69) is 10.5 Å². The Balaban J connectivity index is 1.35. The largest absolute Gasteiger partial charge is 0.435 e. The maximum Gasteiger partial charge on any atom is 0.435 e. The summed E-state index contributed by atoms with van der Waals surface area (Å²) in [5, 5.41) is 5.12. The SMILES string of the molecule is Cc1cc(C2=NO[C@@](c3cc(C(F)(F)F)cc(Cl)c3F)(C(F)(F)F)C2)ccc1C(=O)NC1CN(C(=O)C2CC2)C1. The molecule has 40 heavy (non-hydrogen) atoms. The summed E-state index contributed by atoms with van der Waals surface area (Å²) in [6, 6.07) is 4.04. The van der Waals surface area contributed by atoms with Crippen molar-refractivity contribution in [2.75, 3.05) is 13.1 Å². The Morgan fingerprint density at radius 1 is 1.10 bits per heavy atom. The number of rotatable bonds is 5. The predicted octanol–water partition coefficient (Wildman–Crippen LogP) is 5.74. The number of carbonyl (C=O) groups is 2. The van der Waals surface area contributed by atoms with Crippen LogP contribution >= 0.6 is 11.6 Å². The van der Waals surface area contributed by atoms with Crippen LogP contribution < -0.4 is 5.32 Å². The quantitative estimate of drug-likeness (QED) is 0.451. The van der Waals surface area contributed by atoms with Crippen LogP contribution in [0, 0.1) is 18.7 Å². The molecule has 1 aliphatic carbocycles. The third-order valence-corrected chi connectivity index (χ3v) is 7.51. The molecule has 2 amide bonds. The van der Waals surface area contributed by atoms with Crippen molar-refractivity contribution in [2.45, 2.75) is 50.2 Å². The number of nitrogens with one attached hydrogen (secondary N) is 1. The number of nitrogens with zero attached hydrogens (tertiary/aromatic N) is 2. The number of carbonyl (C=O) groups excluding carboxylic acids is 2. The molecule has 0 spiro atoms. The minimum absolute atomic E-state index is 0.0195. The van der Waals surface area contributed by atoms with Gasteiger partial charge in [0.15, 0.2) is 0 Å². The number of likely N-dealkylation sites (tertiary alicyclic amines) is 1. The van der Waals surface area contributed by atoms with Gasteiger partial charge in [0.2, 0.25) is 5.91 Å². The molecule has 0 radical (unpaired) electrons. The summed E-state index contributed by atoms with van der Waals surface area (Å²) in [6.07, 6.45) is -9.86. The molecule has 3 aliphatic rings. The molecule has 1 saturated carbocycles. The second kappa shape index (κ2) is 9.64. The maximum absolute atomic E-state index is 14.8. The summed E-state index contributed by atoms with van der Waals surface area (Å²) in [5.41, 5.74) is -6.19. The fourth-order valence-electron chi connectivity index (χ4n) is 4.78. The molecule has 2 aliphatic heterocycles. The molecule has 0 aromatic heterocycles. The van der Waals surface area contributed by atoms with Crippen LogP contribution in [0.25, 0.3) is 0 Å². The molecule has 0 bridgehead atoms. The number of aryl methyl sites for hydroxylation is 1. The standard InChI is InChI=1S/C26H21ClF7N3O3/c1-12-6-14(4-5-17(12)22(38)35-16-10-37(11-16)23(39)13-2-3-13)20-9-24(40-36-20,26(32,33)34)18-7-15(25(29,30)31)8-19(27)21(18)28/h4-8,13,16H,2-3,9-11H2,1H3,(H,35,38)/t24-/m0/s1. The van der Waals surface area contributed by atoms with Gasteiger partial charge < -0.3 is 15.1 Å². The van der Waals surface area contributed by atoms with Crippen LogP contribution in [0.15, 0.2) is 35.5 Å². The molecule has 14 heteroatoms. The van der Waals surface area contributed by atoms with Gasteiger partial charge in [0, 0.05) is 30.1 Å². The molecule has 5 rings (SSSR count). The van der Waals surface area contributed by atoms with E-state index < -0.39 is 52.2 Å². The summed E-state index contributed by atoms with van der Waals surface area (Å²) >= 11 is 5.53. The number of oxime groups is 1. The van der Waals surface area contributed by atoms with Crippen molar-refractivity contribution < 1.29 is 45.2 Å². The Kier molecular flexibility index (Phi) is 6.79. The molecule has 2 heterocycles. The van der Waals surface area contributed by atoms with Gasteiger partial charge in [-0.25, -0.2) is 4.39 Å². The van der Waals surface area contributed by atoms with Crippen molar-refractivity contribution in [1.29, 1.82) is 0 Å². The van der Waals surface area contributed by atoms with E-state index in [1.165, 1.54) is 18.2 Å². The number of hydrogen-bond donors (Lipinski definition) is 1. The zero-order valence-electron chi connectivity index (χ0n) is 20.7. The molecule has 2 aromatic carbocycles. The number of amides is 2. The average molecular weight is 592 g/mol. The second-order valence-electron chi connectivity index (χ2n) is 10.2. The molecule has 6 nitrogen and oxygen atoms in total. The summed E-state index contributed by atoms with van der Waals surface area (Å²) in [5.74, 6) is -2.00. The number of hydrogen-bond acceptors (Lipinski definition) is 4. The molecule has 1 saturated heterocycles. The van der Waals surface area contributed by atoms with E-state index in [0.29, 0.717) is 18.7 Å². The van der Waals surface area contributed by atoms with Crippen molar-refractivity contribution in [3.63, 3.8) is 0 Å². The lowest BCUT2D eigenvalue weighted by Gasteiger charge is -2.39. The van der Waals surface area contributed by atoms with Gasteiger partial charge >= 0.3 is 12.4 Å². The van der Waals surface area contributed by atoms with Crippen LogP contribution in [-0.4, -0.2) is 47.7 Å². The summed E-state index contributed by atoms with van der Waals surface area (Å²) in [4.78, 5) is 31.2. The fraction of sp³-hybridized carbons (Fsp3) is 0.423. The third kappa shape index (κ3) is 4.99. The first-order valence-electron chi connectivity index (χ1n) is 12.2. The van der Waals surface area contributed by atoms with E-state index in [9.17, 15) is 40.3 Å². The first-order chi connectivity index (χ1) is 18.6. The monoisotopic (exact) mass is 591 g/mol. The Morgan fingerprint density at radius 2 is 1.77 bits per heavy atom. The molecule has 0 unspecified atom stereocenters. The number of halogens is 8. The van der Waals surface area contributed by atoms with E-state index in [1.54, 1.807) is 11.8 Å².